The van der Waals surface area contributed by atoms with Crippen LogP contribution in [-0.4, -0.2) is 63.8 Å². The molecule has 3 aromatic rings. The molecule has 178 valence electrons. The van der Waals surface area contributed by atoms with Crippen LogP contribution in [0.4, 0.5) is 0 Å². The summed E-state index contributed by atoms with van der Waals surface area (Å²) in [6.45, 7) is 7.96. The van der Waals surface area contributed by atoms with Gasteiger partial charge in [-0.15, -0.1) is 0 Å². The minimum absolute atomic E-state index is 0.0223. The van der Waals surface area contributed by atoms with Gasteiger partial charge in [0.1, 0.15) is 17.6 Å². The maximum atomic E-state index is 13.6. The molecule has 0 N–H and O–H groups in total. The van der Waals surface area contributed by atoms with Crippen LogP contribution in [0.5, 0.6) is 0 Å². The summed E-state index contributed by atoms with van der Waals surface area (Å²) in [5, 5.41) is 11.1. The van der Waals surface area contributed by atoms with Crippen LogP contribution < -0.4 is 0 Å². The average Bonchev–Trinajstić information content (AvgIpc) is 3.60. The van der Waals surface area contributed by atoms with E-state index in [0.29, 0.717) is 11.4 Å². The molecule has 9 heteroatoms. The van der Waals surface area contributed by atoms with Gasteiger partial charge in [0.2, 0.25) is 0 Å². The van der Waals surface area contributed by atoms with Crippen LogP contribution in [0.3, 0.4) is 0 Å². The number of furan rings is 1. The van der Waals surface area contributed by atoms with Crippen LogP contribution in [0, 0.1) is 6.92 Å². The van der Waals surface area contributed by atoms with Gasteiger partial charge in [0.25, 0.3) is 5.91 Å². The lowest BCUT2D eigenvalue weighted by molar-refractivity contribution is -0.139. The molecule has 1 amide bonds. The maximum Gasteiger partial charge on any atom is 0.260 e. The van der Waals surface area contributed by atoms with Gasteiger partial charge in [0.05, 0.1) is 23.7 Å². The Morgan fingerprint density at radius 2 is 1.94 bits per heavy atom. The molecule has 1 saturated heterocycles. The molecule has 0 spiro atoms. The Hall–Kier alpha value is -2.94. The number of benzene rings is 1. The molecule has 2 aliphatic heterocycles. The minimum Gasteiger partial charge on any atom is -0.467 e. The Balaban J connectivity index is 1.27. The predicted molar refractivity (Wildman–Crippen MR) is 128 cm³/mol. The van der Waals surface area contributed by atoms with Crippen LogP contribution in [0.1, 0.15) is 42.2 Å². The molecule has 1 aromatic carbocycles. The fourth-order valence-corrected chi connectivity index (χ4v) is 4.74. The number of hydrogen-bond acceptors (Lipinski definition) is 7. The van der Waals surface area contributed by atoms with Gasteiger partial charge in [-0.3, -0.25) is 14.6 Å². The summed E-state index contributed by atoms with van der Waals surface area (Å²) in [4.78, 5) is 18.2. The Morgan fingerprint density at radius 1 is 1.18 bits per heavy atom. The fraction of sp³-hybridized carbons (Fsp3) is 0.400. The molecule has 5 rings (SSSR count). The lowest BCUT2D eigenvalue weighted by Gasteiger charge is -2.38. The van der Waals surface area contributed by atoms with Crippen LogP contribution >= 0.6 is 11.6 Å². The van der Waals surface area contributed by atoms with Crippen molar-refractivity contribution in [2.24, 2.45) is 5.10 Å². The summed E-state index contributed by atoms with van der Waals surface area (Å²) in [6.07, 6.45) is 2.23. The van der Waals surface area contributed by atoms with Crippen molar-refractivity contribution in [3.05, 3.63) is 76.5 Å². The van der Waals surface area contributed by atoms with Gasteiger partial charge in [-0.2, -0.15) is 5.10 Å². The topological polar surface area (TPSA) is 78.3 Å². The second-order valence-corrected chi connectivity index (χ2v) is 9.33. The largest absolute Gasteiger partial charge is 0.467 e. The van der Waals surface area contributed by atoms with Gasteiger partial charge in [0.15, 0.2) is 0 Å². The van der Waals surface area contributed by atoms with Crippen LogP contribution in [0.2, 0.25) is 5.02 Å². The number of hydrazone groups is 1. The van der Waals surface area contributed by atoms with Crippen LogP contribution in [0.25, 0.3) is 0 Å². The zero-order valence-electron chi connectivity index (χ0n) is 19.4. The van der Waals surface area contributed by atoms with Crippen LogP contribution in [-0.2, 0) is 11.3 Å². The lowest BCUT2D eigenvalue weighted by atomic mass is 10.0. The minimum atomic E-state index is -0.290. The van der Waals surface area contributed by atoms with Gasteiger partial charge >= 0.3 is 0 Å². The SMILES string of the molecule is Cc1cc(CN2CCN([C@H](C)C(=O)N3N=C(c4ccc(Cl)cc4)C[C@@H]3c3ccco3)CC2)no1. The van der Waals surface area contributed by atoms with Gasteiger partial charge in [0, 0.05) is 50.2 Å². The van der Waals surface area contributed by atoms with Crippen molar-refractivity contribution in [1.82, 2.24) is 20.0 Å². The molecule has 4 heterocycles. The zero-order chi connectivity index (χ0) is 23.7. The first-order valence-corrected chi connectivity index (χ1v) is 11.9. The average molecular weight is 482 g/mol. The predicted octanol–water partition coefficient (Wildman–Crippen LogP) is 4.11. The molecule has 8 nitrogen and oxygen atoms in total. The van der Waals surface area contributed by atoms with E-state index in [1.165, 1.54) is 0 Å². The Morgan fingerprint density at radius 3 is 2.59 bits per heavy atom. The molecular formula is C25H28ClN5O3. The summed E-state index contributed by atoms with van der Waals surface area (Å²) >= 11 is 6.06. The fourth-order valence-electron chi connectivity index (χ4n) is 4.61. The van der Waals surface area contributed by atoms with Gasteiger partial charge in [-0.25, -0.2) is 5.01 Å². The van der Waals surface area contributed by atoms with Crippen molar-refractivity contribution in [1.29, 1.82) is 0 Å². The number of hydrogen-bond donors (Lipinski definition) is 0. The molecule has 0 bridgehead atoms. The van der Waals surface area contributed by atoms with E-state index < -0.39 is 0 Å². The van der Waals surface area contributed by atoms with E-state index in [-0.39, 0.29) is 18.0 Å². The summed E-state index contributed by atoms with van der Waals surface area (Å²) in [7, 11) is 0. The Bertz CT molecular complexity index is 1150. The van der Waals surface area contributed by atoms with Gasteiger partial charge < -0.3 is 8.94 Å². The molecule has 0 unspecified atom stereocenters. The maximum absolute atomic E-state index is 13.6. The van der Waals surface area contributed by atoms with Gasteiger partial charge in [-0.05, 0) is 43.7 Å². The monoisotopic (exact) mass is 481 g/mol. The molecule has 0 aliphatic carbocycles. The van der Waals surface area contributed by atoms with Crippen molar-refractivity contribution in [2.75, 3.05) is 26.2 Å². The second-order valence-electron chi connectivity index (χ2n) is 8.89. The number of amides is 1. The van der Waals surface area contributed by atoms with E-state index in [1.54, 1.807) is 11.3 Å². The Kier molecular flexibility index (Phi) is 6.54. The van der Waals surface area contributed by atoms with E-state index >= 15 is 0 Å². The number of carbonyl (C=O) groups excluding carboxylic acids is 1. The molecule has 2 aliphatic rings. The molecule has 0 saturated carbocycles. The van der Waals surface area contributed by atoms with Crippen molar-refractivity contribution in [3.8, 4) is 0 Å². The van der Waals surface area contributed by atoms with Crippen molar-refractivity contribution >= 4 is 23.2 Å². The van der Waals surface area contributed by atoms with E-state index in [1.807, 2.05) is 56.3 Å². The zero-order valence-corrected chi connectivity index (χ0v) is 20.1. The molecule has 0 radical (unpaired) electrons. The number of aromatic nitrogens is 1. The highest BCUT2D eigenvalue weighted by atomic mass is 35.5. The number of rotatable bonds is 6. The van der Waals surface area contributed by atoms with Crippen molar-refractivity contribution in [2.45, 2.75) is 38.9 Å². The first kappa shape index (κ1) is 22.8. The quantitative estimate of drug-likeness (QED) is 0.527. The summed E-state index contributed by atoms with van der Waals surface area (Å²) < 4.78 is 10.9. The number of halogens is 1. The first-order chi connectivity index (χ1) is 16.5. The standard InChI is InChI=1S/C25H28ClN5O3/c1-17-14-21(28-34-17)16-29-9-11-30(12-10-29)18(2)25(32)31-23(24-4-3-13-33-24)15-22(27-31)19-5-7-20(26)8-6-19/h3-8,13-14,18,23H,9-12,15-16H2,1-2H3/t18-,23-/m1/s1. The lowest BCUT2D eigenvalue weighted by Crippen LogP contribution is -2.53. The van der Waals surface area contributed by atoms with Crippen molar-refractivity contribution < 1.29 is 13.7 Å². The third-order valence-corrected chi connectivity index (χ3v) is 6.81. The van der Waals surface area contributed by atoms with E-state index in [0.717, 1.165) is 61.2 Å². The molecular weight excluding hydrogens is 454 g/mol. The van der Waals surface area contributed by atoms with Gasteiger partial charge in [-0.1, -0.05) is 28.9 Å². The second kappa shape index (κ2) is 9.74. The van der Waals surface area contributed by atoms with E-state index in [9.17, 15) is 4.79 Å². The van der Waals surface area contributed by atoms with E-state index in [2.05, 4.69) is 15.0 Å². The molecule has 2 aromatic heterocycles. The third kappa shape index (κ3) is 4.80. The normalized spacial score (nSPS) is 20.5. The number of piperazine rings is 1. The molecule has 2 atom stereocenters. The number of carbonyl (C=O) groups is 1. The summed E-state index contributed by atoms with van der Waals surface area (Å²) in [5.41, 5.74) is 2.75. The first-order valence-electron chi connectivity index (χ1n) is 11.6. The Labute approximate surface area is 203 Å². The number of aryl methyl sites for hydroxylation is 1. The number of nitrogens with zero attached hydrogens (tertiary/aromatic N) is 5. The highest BCUT2D eigenvalue weighted by Crippen LogP contribution is 2.34. The summed E-state index contributed by atoms with van der Waals surface area (Å²) in [6, 6.07) is 12.7. The smallest absolute Gasteiger partial charge is 0.260 e. The third-order valence-electron chi connectivity index (χ3n) is 6.56. The molecule has 1 fully saturated rings. The van der Waals surface area contributed by atoms with Crippen molar-refractivity contribution in [3.63, 3.8) is 0 Å². The molecule has 34 heavy (non-hydrogen) atoms. The van der Waals surface area contributed by atoms with E-state index in [4.69, 9.17) is 25.6 Å². The van der Waals surface area contributed by atoms with Crippen LogP contribution in [0.15, 0.2) is 62.8 Å². The highest BCUT2D eigenvalue weighted by Gasteiger charge is 2.38. The highest BCUT2D eigenvalue weighted by molar-refractivity contribution is 6.30. The summed E-state index contributed by atoms with van der Waals surface area (Å²) in [5.74, 6) is 1.54.